The van der Waals surface area contributed by atoms with Gasteiger partial charge in [-0.3, -0.25) is 0 Å². The molecule has 5 nitrogen and oxygen atoms in total. The third kappa shape index (κ3) is 6.42. The number of benzene rings is 2. The lowest BCUT2D eigenvalue weighted by atomic mass is 10.2. The van der Waals surface area contributed by atoms with E-state index in [1.54, 1.807) is 12.1 Å². The largest absolute Gasteiger partial charge is 0.453 e. The smallest absolute Gasteiger partial charge is 0.172 e. The first kappa shape index (κ1) is 22.0. The summed E-state index contributed by atoms with van der Waals surface area (Å²) in [5.41, 5.74) is 9.10. The van der Waals surface area contributed by atoms with Gasteiger partial charge in [-0.25, -0.2) is 16.0 Å². The van der Waals surface area contributed by atoms with Gasteiger partial charge in [-0.1, -0.05) is 56.0 Å². The SMILES string of the molecule is CCCCNN(NCCCC)c1cc(C#N)cc(Cl)c1Oc1ccc(C)cc1. The fraction of sp³-hybridized carbons (Fsp3) is 0.409. The fourth-order valence-electron chi connectivity index (χ4n) is 2.60. The minimum atomic E-state index is 0.397. The van der Waals surface area contributed by atoms with Crippen LogP contribution in [-0.4, -0.2) is 13.1 Å². The molecule has 0 spiro atoms. The van der Waals surface area contributed by atoms with Gasteiger partial charge in [0.05, 0.1) is 16.7 Å². The van der Waals surface area contributed by atoms with Crippen LogP contribution < -0.4 is 20.7 Å². The van der Waals surface area contributed by atoms with Crippen LogP contribution in [0.25, 0.3) is 0 Å². The van der Waals surface area contributed by atoms with Crippen molar-refractivity contribution in [3.63, 3.8) is 0 Å². The van der Waals surface area contributed by atoms with Crippen LogP contribution in [0, 0.1) is 18.3 Å². The van der Waals surface area contributed by atoms with Crippen molar-refractivity contribution in [3.05, 3.63) is 52.5 Å². The highest BCUT2D eigenvalue weighted by Crippen LogP contribution is 2.39. The molecule has 2 aromatic rings. The number of nitrogens with zero attached hydrogens (tertiary/aromatic N) is 2. The average Bonchev–Trinajstić information content (AvgIpc) is 2.70. The van der Waals surface area contributed by atoms with Gasteiger partial charge in [0.15, 0.2) is 5.75 Å². The van der Waals surface area contributed by atoms with Crippen LogP contribution in [0.3, 0.4) is 0 Å². The molecule has 6 heteroatoms. The van der Waals surface area contributed by atoms with Gasteiger partial charge in [0.1, 0.15) is 11.4 Å². The number of halogens is 1. The average molecular weight is 401 g/mol. The summed E-state index contributed by atoms with van der Waals surface area (Å²) in [4.78, 5) is 0. The van der Waals surface area contributed by atoms with Crippen molar-refractivity contribution < 1.29 is 4.74 Å². The van der Waals surface area contributed by atoms with Crippen LogP contribution in [0.1, 0.15) is 50.7 Å². The van der Waals surface area contributed by atoms with Crippen LogP contribution >= 0.6 is 11.6 Å². The van der Waals surface area contributed by atoms with E-state index in [0.29, 0.717) is 27.8 Å². The maximum atomic E-state index is 9.40. The van der Waals surface area contributed by atoms with Crippen molar-refractivity contribution in [1.82, 2.24) is 10.9 Å². The molecule has 2 rings (SSSR count). The molecule has 0 unspecified atom stereocenters. The van der Waals surface area contributed by atoms with Gasteiger partial charge in [-0.2, -0.15) is 5.26 Å². The molecular formula is C22H29ClN4O. The Kier molecular flexibility index (Phi) is 9.09. The van der Waals surface area contributed by atoms with Crippen molar-refractivity contribution in [2.24, 2.45) is 0 Å². The fourth-order valence-corrected chi connectivity index (χ4v) is 2.85. The number of hydrogen-bond donors (Lipinski definition) is 2. The summed E-state index contributed by atoms with van der Waals surface area (Å²) in [7, 11) is 0. The third-order valence-electron chi connectivity index (χ3n) is 4.24. The highest BCUT2D eigenvalue weighted by Gasteiger charge is 2.18. The molecule has 0 radical (unpaired) electrons. The minimum absolute atomic E-state index is 0.397. The van der Waals surface area contributed by atoms with Gasteiger partial charge < -0.3 is 4.74 Å². The second kappa shape index (κ2) is 11.6. The summed E-state index contributed by atoms with van der Waals surface area (Å²) in [6, 6.07) is 13.4. The maximum absolute atomic E-state index is 9.40. The molecule has 2 N–H and O–H groups in total. The zero-order chi connectivity index (χ0) is 20.4. The Morgan fingerprint density at radius 3 is 2.18 bits per heavy atom. The first-order valence-corrected chi connectivity index (χ1v) is 10.2. The topological polar surface area (TPSA) is 60.3 Å². The van der Waals surface area contributed by atoms with E-state index >= 15 is 0 Å². The summed E-state index contributed by atoms with van der Waals surface area (Å²) in [5, 5.41) is 11.6. The molecular weight excluding hydrogens is 372 g/mol. The highest BCUT2D eigenvalue weighted by molar-refractivity contribution is 6.32. The predicted molar refractivity (Wildman–Crippen MR) is 116 cm³/mol. The van der Waals surface area contributed by atoms with Crippen LogP contribution in [-0.2, 0) is 0 Å². The molecule has 150 valence electrons. The molecule has 28 heavy (non-hydrogen) atoms. The van der Waals surface area contributed by atoms with E-state index in [1.807, 2.05) is 36.3 Å². The molecule has 0 amide bonds. The van der Waals surface area contributed by atoms with E-state index in [9.17, 15) is 5.26 Å². The molecule has 0 aliphatic carbocycles. The molecule has 0 bridgehead atoms. The first-order valence-electron chi connectivity index (χ1n) is 9.84. The quantitative estimate of drug-likeness (QED) is 0.372. The van der Waals surface area contributed by atoms with Gasteiger partial charge in [-0.15, -0.1) is 0 Å². The molecule has 0 saturated carbocycles. The lowest BCUT2D eigenvalue weighted by Crippen LogP contribution is -2.49. The minimum Gasteiger partial charge on any atom is -0.453 e. The van der Waals surface area contributed by atoms with Gasteiger partial charge in [-0.05, 0) is 44.0 Å². The van der Waals surface area contributed by atoms with Crippen molar-refractivity contribution in [2.75, 3.05) is 18.2 Å². The normalized spacial score (nSPS) is 10.5. The molecule has 0 aliphatic heterocycles. The van der Waals surface area contributed by atoms with Crippen LogP contribution in [0.5, 0.6) is 11.5 Å². The summed E-state index contributed by atoms with van der Waals surface area (Å²) >= 11 is 6.50. The Hall–Kier alpha value is -2.26. The number of aryl methyl sites for hydroxylation is 1. The van der Waals surface area contributed by atoms with Gasteiger partial charge in [0.25, 0.3) is 0 Å². The number of hydrazine groups is 2. The molecule has 0 saturated heterocycles. The van der Waals surface area contributed by atoms with Crippen LogP contribution in [0.15, 0.2) is 36.4 Å². The second-order valence-electron chi connectivity index (χ2n) is 6.69. The number of ether oxygens (including phenoxy) is 1. The zero-order valence-electron chi connectivity index (χ0n) is 16.9. The third-order valence-corrected chi connectivity index (χ3v) is 4.52. The monoisotopic (exact) mass is 400 g/mol. The molecule has 0 heterocycles. The summed E-state index contributed by atoms with van der Waals surface area (Å²) < 4.78 is 6.13. The van der Waals surface area contributed by atoms with Crippen molar-refractivity contribution in [2.45, 2.75) is 46.5 Å². The summed E-state index contributed by atoms with van der Waals surface area (Å²) in [6.07, 6.45) is 4.24. The van der Waals surface area contributed by atoms with E-state index in [1.165, 1.54) is 0 Å². The number of unbranched alkanes of at least 4 members (excludes halogenated alkanes) is 2. The number of hydrogen-bond acceptors (Lipinski definition) is 5. The summed E-state index contributed by atoms with van der Waals surface area (Å²) in [6.45, 7) is 7.92. The molecule has 0 aromatic heterocycles. The first-order chi connectivity index (χ1) is 13.6. The maximum Gasteiger partial charge on any atom is 0.172 e. The van der Waals surface area contributed by atoms with Crippen molar-refractivity contribution in [1.29, 1.82) is 5.26 Å². The second-order valence-corrected chi connectivity index (χ2v) is 7.10. The number of anilines is 1. The van der Waals surface area contributed by atoms with Gasteiger partial charge in [0, 0.05) is 13.1 Å². The van der Waals surface area contributed by atoms with E-state index < -0.39 is 0 Å². The predicted octanol–water partition coefficient (Wildman–Crippen LogP) is 5.73. The van der Waals surface area contributed by atoms with Crippen molar-refractivity contribution >= 4 is 17.3 Å². The van der Waals surface area contributed by atoms with Gasteiger partial charge >= 0.3 is 0 Å². The molecule has 0 fully saturated rings. The molecule has 0 atom stereocenters. The van der Waals surface area contributed by atoms with E-state index in [0.717, 1.165) is 44.3 Å². The van der Waals surface area contributed by atoms with Crippen LogP contribution in [0.2, 0.25) is 5.02 Å². The Morgan fingerprint density at radius 1 is 1.04 bits per heavy atom. The molecule has 2 aromatic carbocycles. The Morgan fingerprint density at radius 2 is 1.64 bits per heavy atom. The Bertz CT molecular complexity index is 776. The number of rotatable bonds is 11. The van der Waals surface area contributed by atoms with E-state index in [2.05, 4.69) is 30.8 Å². The number of nitrogens with one attached hydrogen (secondary N) is 2. The van der Waals surface area contributed by atoms with Crippen molar-refractivity contribution in [3.8, 4) is 17.6 Å². The lowest BCUT2D eigenvalue weighted by molar-refractivity contribution is 0.460. The Labute approximate surface area is 173 Å². The van der Waals surface area contributed by atoms with E-state index in [4.69, 9.17) is 16.3 Å². The zero-order valence-corrected chi connectivity index (χ0v) is 17.6. The highest BCUT2D eigenvalue weighted by atomic mass is 35.5. The summed E-state index contributed by atoms with van der Waals surface area (Å²) in [5.74, 6) is 1.21. The van der Waals surface area contributed by atoms with E-state index in [-0.39, 0.29) is 0 Å². The Balaban J connectivity index is 2.38. The lowest BCUT2D eigenvalue weighted by Gasteiger charge is -2.28. The van der Waals surface area contributed by atoms with Gasteiger partial charge in [0.2, 0.25) is 0 Å². The number of nitriles is 1. The van der Waals surface area contributed by atoms with Crippen LogP contribution in [0.4, 0.5) is 5.69 Å². The molecule has 0 aliphatic rings. The standard InChI is InChI=1S/C22H29ClN4O/c1-4-6-12-25-27(26-13-7-5-2)21-15-18(16-24)14-20(23)22(21)28-19-10-8-17(3)9-11-19/h8-11,14-15,25-26H,4-7,12-13H2,1-3H3.